The van der Waals surface area contributed by atoms with Crippen LogP contribution in [0.3, 0.4) is 0 Å². The van der Waals surface area contributed by atoms with Crippen LogP contribution in [0.25, 0.3) is 0 Å². The lowest BCUT2D eigenvalue weighted by molar-refractivity contribution is -0.127. The van der Waals surface area contributed by atoms with Crippen molar-refractivity contribution in [1.29, 1.82) is 0 Å². The number of piperazine rings is 1. The molecule has 0 saturated carbocycles. The zero-order chi connectivity index (χ0) is 13.1. The van der Waals surface area contributed by atoms with Crippen LogP contribution in [0, 0.1) is 0 Å². The maximum absolute atomic E-state index is 12.3. The lowest BCUT2D eigenvalue weighted by atomic mass is 10.1. The number of aromatic nitrogens is 1. The molecular formula is C12H14ClN3O2. The van der Waals surface area contributed by atoms with Gasteiger partial charge in [0.05, 0.1) is 5.02 Å². The zero-order valence-electron chi connectivity index (χ0n) is 10.0. The molecule has 6 heteroatoms. The van der Waals surface area contributed by atoms with Gasteiger partial charge in [0.15, 0.2) is 0 Å². The summed E-state index contributed by atoms with van der Waals surface area (Å²) in [6.45, 7) is 2.87. The molecule has 1 saturated heterocycles. The molecule has 0 bridgehead atoms. The number of nitrogens with zero attached hydrogens (tertiary/aromatic N) is 2. The van der Waals surface area contributed by atoms with Crippen molar-refractivity contribution in [3.8, 4) is 0 Å². The zero-order valence-corrected chi connectivity index (χ0v) is 10.8. The first-order chi connectivity index (χ1) is 8.63. The second kappa shape index (κ2) is 5.35. The van der Waals surface area contributed by atoms with Crippen LogP contribution < -0.4 is 5.32 Å². The maximum atomic E-state index is 12.3. The third-order valence-electron chi connectivity index (χ3n) is 2.92. The van der Waals surface area contributed by atoms with E-state index in [4.69, 9.17) is 11.6 Å². The molecule has 1 N–H and O–H groups in total. The summed E-state index contributed by atoms with van der Waals surface area (Å²) >= 11 is 5.73. The van der Waals surface area contributed by atoms with E-state index in [0.29, 0.717) is 30.2 Å². The number of carbonyl (C=O) groups is 2. The first-order valence-corrected chi connectivity index (χ1v) is 6.21. The highest BCUT2D eigenvalue weighted by molar-refractivity contribution is 6.30. The van der Waals surface area contributed by atoms with Crippen molar-refractivity contribution < 1.29 is 9.59 Å². The number of halogens is 1. The molecule has 0 spiro atoms. The van der Waals surface area contributed by atoms with Crippen molar-refractivity contribution in [2.24, 2.45) is 0 Å². The average molecular weight is 268 g/mol. The molecule has 0 aliphatic carbocycles. The first-order valence-electron chi connectivity index (χ1n) is 5.83. The molecule has 1 unspecified atom stereocenters. The molecule has 1 aliphatic rings. The molecule has 5 nitrogen and oxygen atoms in total. The number of hydrogen-bond acceptors (Lipinski definition) is 3. The Kier molecular flexibility index (Phi) is 3.81. The molecular weight excluding hydrogens is 254 g/mol. The van der Waals surface area contributed by atoms with E-state index < -0.39 is 6.04 Å². The molecule has 1 aromatic rings. The van der Waals surface area contributed by atoms with Gasteiger partial charge in [-0.2, -0.15) is 0 Å². The summed E-state index contributed by atoms with van der Waals surface area (Å²) in [4.78, 5) is 29.5. The van der Waals surface area contributed by atoms with Crippen molar-refractivity contribution in [3.63, 3.8) is 0 Å². The quantitative estimate of drug-likeness (QED) is 0.872. The van der Waals surface area contributed by atoms with Crippen LogP contribution in [0.15, 0.2) is 18.3 Å². The van der Waals surface area contributed by atoms with E-state index in [1.165, 1.54) is 6.20 Å². The monoisotopic (exact) mass is 267 g/mol. The second-order valence-corrected chi connectivity index (χ2v) is 4.51. The van der Waals surface area contributed by atoms with Gasteiger partial charge in [-0.3, -0.25) is 9.59 Å². The fourth-order valence-corrected chi connectivity index (χ4v) is 2.12. The lowest BCUT2D eigenvalue weighted by Gasteiger charge is -2.34. The van der Waals surface area contributed by atoms with Gasteiger partial charge in [0.1, 0.15) is 11.7 Å². The van der Waals surface area contributed by atoms with Gasteiger partial charge in [-0.1, -0.05) is 18.5 Å². The Balaban J connectivity index is 2.21. The lowest BCUT2D eigenvalue weighted by Crippen LogP contribution is -2.57. The van der Waals surface area contributed by atoms with Gasteiger partial charge >= 0.3 is 0 Å². The predicted molar refractivity (Wildman–Crippen MR) is 67.4 cm³/mol. The predicted octanol–water partition coefficient (Wildman–Crippen LogP) is 1.09. The first kappa shape index (κ1) is 12.8. The van der Waals surface area contributed by atoms with Crippen molar-refractivity contribution >= 4 is 23.4 Å². The van der Waals surface area contributed by atoms with Gasteiger partial charge in [-0.15, -0.1) is 0 Å². The molecule has 1 fully saturated rings. The van der Waals surface area contributed by atoms with Crippen LogP contribution in [0.1, 0.15) is 23.8 Å². The number of carbonyl (C=O) groups excluding carboxylic acids is 2. The summed E-state index contributed by atoms with van der Waals surface area (Å²) < 4.78 is 0. The van der Waals surface area contributed by atoms with E-state index in [1.807, 2.05) is 6.92 Å². The van der Waals surface area contributed by atoms with Crippen molar-refractivity contribution in [2.45, 2.75) is 19.4 Å². The molecule has 0 radical (unpaired) electrons. The number of amides is 2. The van der Waals surface area contributed by atoms with Gasteiger partial charge in [-0.05, 0) is 18.6 Å². The van der Waals surface area contributed by atoms with Crippen molar-refractivity contribution in [2.75, 3.05) is 13.1 Å². The van der Waals surface area contributed by atoms with E-state index >= 15 is 0 Å². The van der Waals surface area contributed by atoms with Gasteiger partial charge in [0.25, 0.3) is 5.91 Å². The summed E-state index contributed by atoms with van der Waals surface area (Å²) in [7, 11) is 0. The highest BCUT2D eigenvalue weighted by Crippen LogP contribution is 2.14. The SMILES string of the molecule is CCC1C(=O)NCCN1C(=O)c1ccc(Cl)cn1. The van der Waals surface area contributed by atoms with E-state index in [1.54, 1.807) is 17.0 Å². The van der Waals surface area contributed by atoms with Gasteiger partial charge in [0.2, 0.25) is 5.91 Å². The van der Waals surface area contributed by atoms with Gasteiger partial charge in [-0.25, -0.2) is 4.98 Å². The number of nitrogens with one attached hydrogen (secondary N) is 1. The normalized spacial score (nSPS) is 19.6. The maximum Gasteiger partial charge on any atom is 0.273 e. The van der Waals surface area contributed by atoms with E-state index in [-0.39, 0.29) is 11.8 Å². The van der Waals surface area contributed by atoms with E-state index in [2.05, 4.69) is 10.3 Å². The molecule has 1 aromatic heterocycles. The Morgan fingerprint density at radius 3 is 3.00 bits per heavy atom. The Morgan fingerprint density at radius 1 is 1.61 bits per heavy atom. The van der Waals surface area contributed by atoms with Crippen LogP contribution in [0.2, 0.25) is 5.02 Å². The summed E-state index contributed by atoms with van der Waals surface area (Å²) in [6, 6.07) is 2.78. The van der Waals surface area contributed by atoms with Crippen LogP contribution in [-0.4, -0.2) is 40.8 Å². The average Bonchev–Trinajstić information content (AvgIpc) is 2.38. The van der Waals surface area contributed by atoms with Crippen molar-refractivity contribution in [3.05, 3.63) is 29.0 Å². The van der Waals surface area contributed by atoms with Gasteiger partial charge in [0, 0.05) is 19.3 Å². The number of rotatable bonds is 2. The summed E-state index contributed by atoms with van der Waals surface area (Å²) in [5.41, 5.74) is 0.313. The molecule has 18 heavy (non-hydrogen) atoms. The second-order valence-electron chi connectivity index (χ2n) is 4.08. The largest absolute Gasteiger partial charge is 0.353 e. The van der Waals surface area contributed by atoms with Crippen LogP contribution in [0.5, 0.6) is 0 Å². The fraction of sp³-hybridized carbons (Fsp3) is 0.417. The minimum absolute atomic E-state index is 0.105. The topological polar surface area (TPSA) is 62.3 Å². The molecule has 0 aromatic carbocycles. The summed E-state index contributed by atoms with van der Waals surface area (Å²) in [6.07, 6.45) is 2.02. The van der Waals surface area contributed by atoms with Crippen LogP contribution >= 0.6 is 11.6 Å². The molecule has 2 heterocycles. The highest BCUT2D eigenvalue weighted by atomic mass is 35.5. The molecule has 2 rings (SSSR count). The molecule has 1 atom stereocenters. The van der Waals surface area contributed by atoms with Gasteiger partial charge < -0.3 is 10.2 Å². The van der Waals surface area contributed by atoms with Crippen LogP contribution in [0.4, 0.5) is 0 Å². The fourth-order valence-electron chi connectivity index (χ4n) is 2.01. The standard InChI is InChI=1S/C12H14ClN3O2/c1-2-10-11(17)14-5-6-16(10)12(18)9-4-3-8(13)7-15-9/h3-4,7,10H,2,5-6H2,1H3,(H,14,17). The third kappa shape index (κ3) is 2.46. The Hall–Kier alpha value is -1.62. The minimum atomic E-state index is -0.413. The molecule has 2 amide bonds. The Bertz CT molecular complexity index is 461. The molecule has 1 aliphatic heterocycles. The summed E-state index contributed by atoms with van der Waals surface area (Å²) in [5, 5.41) is 3.24. The smallest absolute Gasteiger partial charge is 0.273 e. The number of hydrogen-bond donors (Lipinski definition) is 1. The minimum Gasteiger partial charge on any atom is -0.353 e. The Labute approximate surface area is 110 Å². The third-order valence-corrected chi connectivity index (χ3v) is 3.15. The molecule has 96 valence electrons. The van der Waals surface area contributed by atoms with Crippen LogP contribution in [-0.2, 0) is 4.79 Å². The summed E-state index contributed by atoms with van der Waals surface area (Å²) in [5.74, 6) is -0.334. The van der Waals surface area contributed by atoms with E-state index in [0.717, 1.165) is 0 Å². The highest BCUT2D eigenvalue weighted by Gasteiger charge is 2.32. The van der Waals surface area contributed by atoms with Crippen molar-refractivity contribution in [1.82, 2.24) is 15.2 Å². The Morgan fingerprint density at radius 2 is 2.39 bits per heavy atom. The van der Waals surface area contributed by atoms with E-state index in [9.17, 15) is 9.59 Å². The number of pyridine rings is 1.